The molecular weight excluding hydrogens is 244 g/mol. The maximum atomic E-state index is 11.9. The molecular formula is C14H20N2O3. The second kappa shape index (κ2) is 6.89. The Balaban J connectivity index is 2.69. The molecule has 5 heteroatoms. The number of rotatable bonds is 6. The van der Waals surface area contributed by atoms with Crippen molar-refractivity contribution in [2.24, 2.45) is 0 Å². The number of amides is 1. The molecule has 1 atom stereocenters. The maximum absolute atomic E-state index is 11.9. The average Bonchev–Trinajstić information content (AvgIpc) is 2.39. The molecule has 1 aromatic rings. The third-order valence-electron chi connectivity index (χ3n) is 3.01. The summed E-state index contributed by atoms with van der Waals surface area (Å²) in [4.78, 5) is 24.2. The van der Waals surface area contributed by atoms with Crippen LogP contribution in [-0.2, 0) is 22.6 Å². The number of benzene rings is 1. The van der Waals surface area contributed by atoms with E-state index >= 15 is 0 Å². The Bertz CT molecular complexity index is 443. The van der Waals surface area contributed by atoms with E-state index in [1.54, 1.807) is 7.05 Å². The molecule has 0 fully saturated rings. The van der Waals surface area contributed by atoms with Crippen molar-refractivity contribution in [1.29, 1.82) is 0 Å². The topological polar surface area (TPSA) is 69.6 Å². The Morgan fingerprint density at radius 1 is 1.26 bits per heavy atom. The lowest BCUT2D eigenvalue weighted by atomic mass is 10.1. The Labute approximate surface area is 113 Å². The van der Waals surface area contributed by atoms with Gasteiger partial charge < -0.3 is 10.0 Å². The first kappa shape index (κ1) is 15.2. The van der Waals surface area contributed by atoms with Gasteiger partial charge in [0.15, 0.2) is 6.04 Å². The van der Waals surface area contributed by atoms with Crippen molar-refractivity contribution in [2.75, 3.05) is 14.1 Å². The molecule has 1 aromatic carbocycles. The minimum Gasteiger partial charge on any atom is -0.480 e. The van der Waals surface area contributed by atoms with Crippen LogP contribution < -0.4 is 5.32 Å². The number of likely N-dealkylation sites (N-methyl/N-ethyl adjacent to an activating group) is 2. The van der Waals surface area contributed by atoms with Crippen LogP contribution >= 0.6 is 0 Å². The number of hydrogen-bond acceptors (Lipinski definition) is 3. The number of carbonyl (C=O) groups is 2. The normalized spacial score (nSPS) is 11.9. The van der Waals surface area contributed by atoms with Gasteiger partial charge in [-0.3, -0.25) is 10.1 Å². The van der Waals surface area contributed by atoms with Crippen molar-refractivity contribution in [3.63, 3.8) is 0 Å². The monoisotopic (exact) mass is 264 g/mol. The van der Waals surface area contributed by atoms with Gasteiger partial charge in [0.05, 0.1) is 0 Å². The minimum atomic E-state index is -1.19. The Hall–Kier alpha value is -1.88. The lowest BCUT2D eigenvalue weighted by Gasteiger charge is -2.21. The molecule has 0 aliphatic carbocycles. The van der Waals surface area contributed by atoms with Crippen LogP contribution in [0.25, 0.3) is 0 Å². The average molecular weight is 264 g/mol. The number of aliphatic carboxylic acids is 1. The summed E-state index contributed by atoms with van der Waals surface area (Å²) in [6.07, 6.45) is 0.968. The van der Waals surface area contributed by atoms with Gasteiger partial charge in [0.2, 0.25) is 0 Å². The van der Waals surface area contributed by atoms with Gasteiger partial charge >= 0.3 is 5.97 Å². The van der Waals surface area contributed by atoms with E-state index in [-0.39, 0.29) is 0 Å². The summed E-state index contributed by atoms with van der Waals surface area (Å²) in [5.41, 5.74) is 2.21. The highest BCUT2D eigenvalue weighted by Gasteiger charge is 2.27. The van der Waals surface area contributed by atoms with Crippen LogP contribution in [0.5, 0.6) is 0 Å². The number of hydrogen-bond donors (Lipinski definition) is 2. The number of nitrogens with one attached hydrogen (secondary N) is 1. The molecule has 0 radical (unpaired) electrons. The SMILES string of the molecule is CCc1ccc(CN(C)C(=O)C(NC)C(=O)O)cc1. The highest BCUT2D eigenvalue weighted by molar-refractivity contribution is 6.00. The van der Waals surface area contributed by atoms with Gasteiger partial charge in [-0.05, 0) is 24.6 Å². The molecule has 2 N–H and O–H groups in total. The third kappa shape index (κ3) is 4.06. The lowest BCUT2D eigenvalue weighted by Crippen LogP contribution is -2.48. The fourth-order valence-electron chi connectivity index (χ4n) is 1.81. The van der Waals surface area contributed by atoms with Crippen LogP contribution in [0, 0.1) is 0 Å². The first-order valence-corrected chi connectivity index (χ1v) is 6.22. The predicted octanol–water partition coefficient (Wildman–Crippen LogP) is 0.880. The van der Waals surface area contributed by atoms with Crippen LogP contribution in [0.1, 0.15) is 18.1 Å². The Morgan fingerprint density at radius 2 is 1.79 bits per heavy atom. The predicted molar refractivity (Wildman–Crippen MR) is 72.8 cm³/mol. The van der Waals surface area contributed by atoms with Gasteiger partial charge in [-0.15, -0.1) is 0 Å². The van der Waals surface area contributed by atoms with Crippen LogP contribution in [0.15, 0.2) is 24.3 Å². The second-order valence-corrected chi connectivity index (χ2v) is 4.42. The largest absolute Gasteiger partial charge is 0.480 e. The van der Waals surface area contributed by atoms with E-state index in [4.69, 9.17) is 5.11 Å². The van der Waals surface area contributed by atoms with E-state index in [0.29, 0.717) is 6.54 Å². The van der Waals surface area contributed by atoms with E-state index in [0.717, 1.165) is 12.0 Å². The van der Waals surface area contributed by atoms with Gasteiger partial charge in [0.1, 0.15) is 0 Å². The molecule has 0 saturated heterocycles. The van der Waals surface area contributed by atoms with E-state index < -0.39 is 17.9 Å². The number of carbonyl (C=O) groups excluding carboxylic acids is 1. The van der Waals surface area contributed by atoms with Crippen molar-refractivity contribution < 1.29 is 14.7 Å². The van der Waals surface area contributed by atoms with Crippen molar-refractivity contribution in [2.45, 2.75) is 25.9 Å². The highest BCUT2D eigenvalue weighted by Crippen LogP contribution is 2.08. The van der Waals surface area contributed by atoms with Crippen molar-refractivity contribution in [3.8, 4) is 0 Å². The summed E-state index contributed by atoms with van der Waals surface area (Å²) in [5, 5.41) is 11.4. The van der Waals surface area contributed by atoms with Crippen LogP contribution in [0.4, 0.5) is 0 Å². The number of carboxylic acids is 1. The fourth-order valence-corrected chi connectivity index (χ4v) is 1.81. The molecule has 1 rings (SSSR count). The van der Waals surface area contributed by atoms with Crippen LogP contribution in [0.2, 0.25) is 0 Å². The van der Waals surface area contributed by atoms with Gasteiger partial charge in [-0.25, -0.2) is 4.79 Å². The molecule has 0 bridgehead atoms. The highest BCUT2D eigenvalue weighted by atomic mass is 16.4. The quantitative estimate of drug-likeness (QED) is 0.748. The smallest absolute Gasteiger partial charge is 0.330 e. The van der Waals surface area contributed by atoms with Gasteiger partial charge in [0, 0.05) is 13.6 Å². The molecule has 0 aromatic heterocycles. The number of nitrogens with zero attached hydrogens (tertiary/aromatic N) is 1. The molecule has 0 heterocycles. The fraction of sp³-hybridized carbons (Fsp3) is 0.429. The third-order valence-corrected chi connectivity index (χ3v) is 3.01. The molecule has 5 nitrogen and oxygen atoms in total. The molecule has 1 unspecified atom stereocenters. The lowest BCUT2D eigenvalue weighted by molar-refractivity contribution is -0.147. The van der Waals surface area contributed by atoms with Crippen molar-refractivity contribution in [1.82, 2.24) is 10.2 Å². The molecule has 19 heavy (non-hydrogen) atoms. The summed E-state index contributed by atoms with van der Waals surface area (Å²) in [6, 6.07) is 6.75. The minimum absolute atomic E-state index is 0.397. The molecule has 0 saturated carbocycles. The molecule has 0 aliphatic rings. The summed E-state index contributed by atoms with van der Waals surface area (Å²) >= 11 is 0. The van der Waals surface area contributed by atoms with Crippen molar-refractivity contribution >= 4 is 11.9 Å². The summed E-state index contributed by atoms with van der Waals surface area (Å²) in [6.45, 7) is 2.48. The second-order valence-electron chi connectivity index (χ2n) is 4.42. The van der Waals surface area contributed by atoms with Gasteiger partial charge in [-0.1, -0.05) is 31.2 Å². The van der Waals surface area contributed by atoms with Gasteiger partial charge in [-0.2, -0.15) is 0 Å². The Morgan fingerprint density at radius 3 is 2.21 bits per heavy atom. The zero-order chi connectivity index (χ0) is 14.4. The summed E-state index contributed by atoms with van der Waals surface area (Å²) in [5.74, 6) is -1.62. The van der Waals surface area contributed by atoms with Gasteiger partial charge in [0.25, 0.3) is 5.91 Å². The van der Waals surface area contributed by atoms with E-state index in [1.807, 2.05) is 24.3 Å². The molecule has 0 spiro atoms. The number of carboxylic acid groups (broad SMARTS) is 1. The van der Waals surface area contributed by atoms with Crippen molar-refractivity contribution in [3.05, 3.63) is 35.4 Å². The standard InChI is InChI=1S/C14H20N2O3/c1-4-10-5-7-11(8-6-10)9-16(3)13(17)12(15-2)14(18)19/h5-8,12,15H,4,9H2,1-3H3,(H,18,19). The molecule has 0 aliphatic heterocycles. The summed E-state index contributed by atoms with van der Waals surface area (Å²) < 4.78 is 0. The van der Waals surface area contributed by atoms with Crippen LogP contribution in [-0.4, -0.2) is 42.0 Å². The zero-order valence-electron chi connectivity index (χ0n) is 11.5. The Kier molecular flexibility index (Phi) is 5.51. The molecule has 104 valence electrons. The number of aryl methyl sites for hydroxylation is 1. The van der Waals surface area contributed by atoms with E-state index in [9.17, 15) is 9.59 Å². The summed E-state index contributed by atoms with van der Waals surface area (Å²) in [7, 11) is 3.06. The van der Waals surface area contributed by atoms with E-state index in [1.165, 1.54) is 17.5 Å². The van der Waals surface area contributed by atoms with Crippen LogP contribution in [0.3, 0.4) is 0 Å². The van der Waals surface area contributed by atoms with E-state index in [2.05, 4.69) is 12.2 Å². The molecule has 1 amide bonds. The zero-order valence-corrected chi connectivity index (χ0v) is 11.5. The first-order valence-electron chi connectivity index (χ1n) is 6.22. The first-order chi connectivity index (χ1) is 8.99. The maximum Gasteiger partial charge on any atom is 0.330 e.